The van der Waals surface area contributed by atoms with E-state index >= 15 is 0 Å². The number of amides is 1. The number of carbonyl (C=O) groups excluding carboxylic acids is 1. The van der Waals surface area contributed by atoms with E-state index in [2.05, 4.69) is 58.8 Å². The second-order valence-corrected chi connectivity index (χ2v) is 10.8. The van der Waals surface area contributed by atoms with E-state index in [1.807, 2.05) is 37.0 Å². The van der Waals surface area contributed by atoms with Crippen LogP contribution in [-0.4, -0.2) is 79.5 Å². The van der Waals surface area contributed by atoms with Crippen molar-refractivity contribution in [3.05, 3.63) is 101 Å². The van der Waals surface area contributed by atoms with E-state index in [0.29, 0.717) is 19.5 Å². The SMILES string of the molecule is C#CCC(=C)NCCN1CCN(C/C=C/C(=O)N2CCC(=C(c3ccc(F)cc3)c3ccc(CC)cc3)CC2)CC1.CC. The third kappa shape index (κ3) is 10.5. The fraction of sp³-hybridized carbons (Fsp3) is 0.432. The van der Waals surface area contributed by atoms with Crippen LogP contribution in [0.4, 0.5) is 4.39 Å². The maximum absolute atomic E-state index is 13.7. The number of terminal acetylenes is 1. The Bertz CT molecular complexity index is 1260. The van der Waals surface area contributed by atoms with E-state index < -0.39 is 0 Å². The molecule has 1 amide bonds. The van der Waals surface area contributed by atoms with Gasteiger partial charge in [-0.25, -0.2) is 4.39 Å². The summed E-state index contributed by atoms with van der Waals surface area (Å²) in [6.07, 6.45) is 12.3. The molecule has 230 valence electrons. The summed E-state index contributed by atoms with van der Waals surface area (Å²) in [5, 5.41) is 3.29. The van der Waals surface area contributed by atoms with Gasteiger partial charge in [-0.15, -0.1) is 12.3 Å². The van der Waals surface area contributed by atoms with Gasteiger partial charge in [-0.1, -0.05) is 75.4 Å². The van der Waals surface area contributed by atoms with Gasteiger partial charge in [0.1, 0.15) is 5.82 Å². The van der Waals surface area contributed by atoms with Gasteiger partial charge in [0.15, 0.2) is 0 Å². The van der Waals surface area contributed by atoms with E-state index in [1.54, 1.807) is 6.08 Å². The van der Waals surface area contributed by atoms with Crippen molar-refractivity contribution in [1.82, 2.24) is 20.0 Å². The lowest BCUT2D eigenvalue weighted by molar-refractivity contribution is -0.126. The van der Waals surface area contributed by atoms with E-state index in [9.17, 15) is 9.18 Å². The zero-order chi connectivity index (χ0) is 31.0. The molecule has 2 saturated heterocycles. The molecule has 2 heterocycles. The van der Waals surface area contributed by atoms with Crippen LogP contribution >= 0.6 is 0 Å². The maximum atomic E-state index is 13.7. The van der Waals surface area contributed by atoms with Crippen molar-refractivity contribution in [2.75, 3.05) is 58.9 Å². The number of allylic oxidation sites excluding steroid dienone is 1. The van der Waals surface area contributed by atoms with Crippen molar-refractivity contribution in [3.8, 4) is 12.3 Å². The van der Waals surface area contributed by atoms with Crippen molar-refractivity contribution in [1.29, 1.82) is 0 Å². The van der Waals surface area contributed by atoms with Gasteiger partial charge in [0, 0.05) is 77.1 Å². The minimum absolute atomic E-state index is 0.0802. The number of hydrogen-bond donors (Lipinski definition) is 1. The molecule has 0 bridgehead atoms. The molecule has 2 aromatic carbocycles. The van der Waals surface area contributed by atoms with Crippen LogP contribution in [0.5, 0.6) is 0 Å². The minimum atomic E-state index is -0.232. The van der Waals surface area contributed by atoms with Crippen LogP contribution in [0.2, 0.25) is 0 Å². The smallest absolute Gasteiger partial charge is 0.246 e. The van der Waals surface area contributed by atoms with Crippen LogP contribution in [0.25, 0.3) is 5.57 Å². The fourth-order valence-corrected chi connectivity index (χ4v) is 5.53. The van der Waals surface area contributed by atoms with E-state index in [1.165, 1.54) is 28.8 Å². The molecule has 2 aliphatic rings. The summed E-state index contributed by atoms with van der Waals surface area (Å²) in [4.78, 5) is 19.7. The molecule has 5 nitrogen and oxygen atoms in total. The van der Waals surface area contributed by atoms with Gasteiger partial charge >= 0.3 is 0 Å². The molecule has 0 radical (unpaired) electrons. The fourth-order valence-electron chi connectivity index (χ4n) is 5.53. The second kappa shape index (κ2) is 18.1. The standard InChI is InChI=1S/C35H43FN4O.C2H6/c1-4-7-28(3)37-19-23-39-26-24-38(25-27-39)20-6-8-34(41)40-21-17-32(18-22-40)35(31-13-15-33(36)16-14-31)30-11-9-29(5-2)10-12-30;1-2/h1,6,8-16,37H,3,5,7,17-27H2,2H3;1-2H3/b8-6+;. The lowest BCUT2D eigenvalue weighted by atomic mass is 9.88. The molecule has 6 heteroatoms. The zero-order valence-electron chi connectivity index (χ0n) is 26.4. The predicted molar refractivity (Wildman–Crippen MR) is 178 cm³/mol. The highest BCUT2D eigenvalue weighted by Crippen LogP contribution is 2.33. The van der Waals surface area contributed by atoms with E-state index in [4.69, 9.17) is 6.42 Å². The van der Waals surface area contributed by atoms with Crippen molar-refractivity contribution >= 4 is 11.5 Å². The molecule has 1 N–H and O–H groups in total. The second-order valence-electron chi connectivity index (χ2n) is 10.8. The number of carbonyl (C=O) groups is 1. The average molecular weight is 585 g/mol. The largest absolute Gasteiger partial charge is 0.387 e. The summed E-state index contributed by atoms with van der Waals surface area (Å²) >= 11 is 0. The molecular formula is C37H49FN4O. The Morgan fingerprint density at radius 1 is 0.953 bits per heavy atom. The Morgan fingerprint density at radius 2 is 1.53 bits per heavy atom. The molecule has 0 saturated carbocycles. The van der Waals surface area contributed by atoms with Gasteiger partial charge in [0.05, 0.1) is 0 Å². The van der Waals surface area contributed by atoms with Crippen LogP contribution in [0, 0.1) is 18.2 Å². The monoisotopic (exact) mass is 584 g/mol. The van der Waals surface area contributed by atoms with Crippen LogP contribution in [0.3, 0.4) is 0 Å². The molecule has 0 spiro atoms. The van der Waals surface area contributed by atoms with Crippen molar-refractivity contribution in [2.24, 2.45) is 0 Å². The van der Waals surface area contributed by atoms with Gasteiger partial charge in [-0.2, -0.15) is 0 Å². The first-order chi connectivity index (χ1) is 21.0. The van der Waals surface area contributed by atoms with Crippen molar-refractivity contribution < 1.29 is 9.18 Å². The van der Waals surface area contributed by atoms with Crippen molar-refractivity contribution in [2.45, 2.75) is 46.5 Å². The highest BCUT2D eigenvalue weighted by Gasteiger charge is 2.22. The first kappa shape index (κ1) is 33.8. The third-order valence-corrected chi connectivity index (χ3v) is 8.02. The third-order valence-electron chi connectivity index (χ3n) is 8.02. The van der Waals surface area contributed by atoms with Crippen LogP contribution in [-0.2, 0) is 11.2 Å². The molecule has 2 aromatic rings. The maximum Gasteiger partial charge on any atom is 0.246 e. The number of halogens is 1. The van der Waals surface area contributed by atoms with Crippen LogP contribution < -0.4 is 5.32 Å². The quantitative estimate of drug-likeness (QED) is 0.255. The van der Waals surface area contributed by atoms with Gasteiger partial charge in [-0.05, 0) is 53.7 Å². The molecule has 0 aliphatic carbocycles. The van der Waals surface area contributed by atoms with Gasteiger partial charge in [0.2, 0.25) is 5.91 Å². The summed E-state index contributed by atoms with van der Waals surface area (Å²) < 4.78 is 13.7. The summed E-state index contributed by atoms with van der Waals surface area (Å²) in [5.74, 6) is 2.45. The summed E-state index contributed by atoms with van der Waals surface area (Å²) in [6.45, 7) is 18.1. The Morgan fingerprint density at radius 3 is 2.12 bits per heavy atom. The summed E-state index contributed by atoms with van der Waals surface area (Å²) in [6, 6.07) is 15.4. The number of hydrogen-bond acceptors (Lipinski definition) is 4. The number of nitrogens with one attached hydrogen (secondary N) is 1. The van der Waals surface area contributed by atoms with Crippen molar-refractivity contribution in [3.63, 3.8) is 0 Å². The molecular weight excluding hydrogens is 535 g/mol. The summed E-state index contributed by atoms with van der Waals surface area (Å²) in [5.41, 5.74) is 6.86. The number of benzene rings is 2. The number of piperidine rings is 1. The first-order valence-corrected chi connectivity index (χ1v) is 15.8. The highest BCUT2D eigenvalue weighted by molar-refractivity contribution is 5.88. The Balaban J connectivity index is 0.00000248. The number of piperazine rings is 1. The van der Waals surface area contributed by atoms with Crippen LogP contribution in [0.15, 0.2) is 78.5 Å². The first-order valence-electron chi connectivity index (χ1n) is 15.8. The molecule has 0 atom stereocenters. The number of nitrogens with zero attached hydrogens (tertiary/aromatic N) is 3. The molecule has 2 aliphatic heterocycles. The van der Waals surface area contributed by atoms with Gasteiger partial charge in [0.25, 0.3) is 0 Å². The predicted octanol–water partition coefficient (Wildman–Crippen LogP) is 6.14. The Kier molecular flexibility index (Phi) is 14.2. The van der Waals surface area contributed by atoms with Gasteiger partial charge in [-0.3, -0.25) is 14.6 Å². The number of aryl methyl sites for hydroxylation is 1. The van der Waals surface area contributed by atoms with Gasteiger partial charge < -0.3 is 10.2 Å². The lowest BCUT2D eigenvalue weighted by Gasteiger charge is -2.34. The zero-order valence-corrected chi connectivity index (χ0v) is 26.4. The number of rotatable bonds is 11. The lowest BCUT2D eigenvalue weighted by Crippen LogP contribution is -2.48. The summed E-state index contributed by atoms with van der Waals surface area (Å²) in [7, 11) is 0. The van der Waals surface area contributed by atoms with E-state index in [-0.39, 0.29) is 11.7 Å². The molecule has 0 unspecified atom stereocenters. The molecule has 43 heavy (non-hydrogen) atoms. The average Bonchev–Trinajstić information content (AvgIpc) is 3.04. The topological polar surface area (TPSA) is 38.8 Å². The number of likely N-dealkylation sites (tertiary alicyclic amines) is 1. The normalized spacial score (nSPS) is 15.9. The molecule has 4 rings (SSSR count). The minimum Gasteiger partial charge on any atom is -0.387 e. The van der Waals surface area contributed by atoms with E-state index in [0.717, 1.165) is 81.9 Å². The Hall–Kier alpha value is -3.66. The molecule has 2 fully saturated rings. The highest BCUT2D eigenvalue weighted by atomic mass is 19.1. The Labute approximate surface area is 259 Å². The van der Waals surface area contributed by atoms with Crippen LogP contribution in [0.1, 0.15) is 56.7 Å². The molecule has 0 aromatic heterocycles.